The van der Waals surface area contributed by atoms with Crippen LogP contribution in [0.25, 0.3) is 0 Å². The summed E-state index contributed by atoms with van der Waals surface area (Å²) in [7, 11) is 2.16. The largest absolute Gasteiger partial charge is 0.314 e. The third kappa shape index (κ3) is 1.06. The van der Waals surface area contributed by atoms with E-state index in [4.69, 9.17) is 0 Å². The molecule has 1 N–H and O–H groups in total. The fourth-order valence-corrected chi connectivity index (χ4v) is 5.37. The molecule has 4 aliphatic carbocycles. The van der Waals surface area contributed by atoms with E-state index >= 15 is 0 Å². The Balaban J connectivity index is 1.93. The summed E-state index contributed by atoms with van der Waals surface area (Å²) in [5, 5.41) is 3.62. The molecule has 0 aromatic carbocycles. The molecule has 0 spiro atoms. The molecule has 0 amide bonds. The molecule has 92 valence electrons. The Morgan fingerprint density at radius 1 is 1.12 bits per heavy atom. The Hall–Kier alpha value is -0.0400. The van der Waals surface area contributed by atoms with Crippen LogP contribution in [0, 0.1) is 22.7 Å². The minimum absolute atomic E-state index is 0.340. The zero-order valence-corrected chi connectivity index (χ0v) is 11.4. The van der Waals surface area contributed by atoms with Crippen molar-refractivity contribution in [2.75, 3.05) is 7.05 Å². The van der Waals surface area contributed by atoms with Crippen molar-refractivity contribution in [2.24, 2.45) is 22.7 Å². The van der Waals surface area contributed by atoms with E-state index in [1.807, 2.05) is 0 Å². The molecule has 0 saturated heterocycles. The van der Waals surface area contributed by atoms with Crippen LogP contribution in [0.4, 0.5) is 0 Å². The van der Waals surface area contributed by atoms with E-state index in [0.29, 0.717) is 11.0 Å². The number of hydrogen-bond acceptors (Lipinski definition) is 1. The molecule has 0 aliphatic heterocycles. The first-order valence-electron chi connectivity index (χ1n) is 7.20. The highest BCUT2D eigenvalue weighted by Gasteiger charge is 2.70. The zero-order valence-electron chi connectivity index (χ0n) is 11.4. The van der Waals surface area contributed by atoms with E-state index in [9.17, 15) is 0 Å². The van der Waals surface area contributed by atoms with Gasteiger partial charge in [-0.15, -0.1) is 0 Å². The second-order valence-electron chi connectivity index (χ2n) is 7.20. The fourth-order valence-electron chi connectivity index (χ4n) is 5.37. The smallest absolute Gasteiger partial charge is 0.0181 e. The molecule has 4 rings (SSSR count). The molecule has 1 heteroatoms. The Kier molecular flexibility index (Phi) is 2.11. The summed E-state index contributed by atoms with van der Waals surface area (Å²) in [5.41, 5.74) is 1.74. The summed E-state index contributed by atoms with van der Waals surface area (Å²) in [4.78, 5) is 0. The molecule has 4 saturated carbocycles. The lowest BCUT2D eigenvalue weighted by Gasteiger charge is -2.59. The molecule has 2 bridgehead atoms. The average molecular weight is 221 g/mol. The summed E-state index contributed by atoms with van der Waals surface area (Å²) in [6.07, 6.45) is 8.96. The molecule has 0 aromatic rings. The van der Waals surface area contributed by atoms with E-state index < -0.39 is 0 Å². The number of fused-ring (bicyclic) bond motifs is 2. The van der Waals surface area contributed by atoms with E-state index in [-0.39, 0.29) is 0 Å². The Bertz CT molecular complexity index is 297. The predicted octanol–water partition coefficient (Wildman–Crippen LogP) is 3.59. The normalized spacial score (nSPS) is 50.2. The molecule has 0 aromatic heterocycles. The van der Waals surface area contributed by atoms with Crippen LogP contribution in [-0.2, 0) is 0 Å². The summed E-state index contributed by atoms with van der Waals surface area (Å²) in [6, 6.07) is 0. The lowest BCUT2D eigenvalue weighted by molar-refractivity contribution is -0.0714. The fraction of sp³-hybridized carbons (Fsp3) is 1.00. The average Bonchev–Trinajstić information content (AvgIpc) is 3.12. The van der Waals surface area contributed by atoms with E-state index in [1.165, 1.54) is 32.1 Å². The highest BCUT2D eigenvalue weighted by molar-refractivity contribution is 5.21. The highest BCUT2D eigenvalue weighted by Crippen LogP contribution is 2.76. The van der Waals surface area contributed by atoms with Gasteiger partial charge in [0.1, 0.15) is 0 Å². The van der Waals surface area contributed by atoms with Gasteiger partial charge < -0.3 is 5.32 Å². The van der Waals surface area contributed by atoms with Crippen molar-refractivity contribution >= 4 is 0 Å². The van der Waals surface area contributed by atoms with Gasteiger partial charge in [0.05, 0.1) is 0 Å². The minimum Gasteiger partial charge on any atom is -0.314 e. The molecule has 4 fully saturated rings. The van der Waals surface area contributed by atoms with Gasteiger partial charge in [0.2, 0.25) is 0 Å². The molecule has 2 unspecified atom stereocenters. The van der Waals surface area contributed by atoms with Gasteiger partial charge >= 0.3 is 0 Å². The second kappa shape index (κ2) is 3.04. The molecule has 2 atom stereocenters. The van der Waals surface area contributed by atoms with Crippen LogP contribution in [0.5, 0.6) is 0 Å². The maximum Gasteiger partial charge on any atom is 0.0181 e. The quantitative estimate of drug-likeness (QED) is 0.768. The van der Waals surface area contributed by atoms with Gasteiger partial charge in [0.25, 0.3) is 0 Å². The van der Waals surface area contributed by atoms with Crippen molar-refractivity contribution in [2.45, 2.75) is 64.8 Å². The topological polar surface area (TPSA) is 12.0 Å². The van der Waals surface area contributed by atoms with Crippen LogP contribution < -0.4 is 5.32 Å². The van der Waals surface area contributed by atoms with Crippen molar-refractivity contribution in [1.82, 2.24) is 5.32 Å². The van der Waals surface area contributed by atoms with Gasteiger partial charge in [-0.05, 0) is 75.7 Å². The SMILES string of the molecule is CCC12CCC(C(C)(C)NC)(CC1)C1CC12. The first-order chi connectivity index (χ1) is 7.51. The lowest BCUT2D eigenvalue weighted by atomic mass is 9.48. The molecular formula is C15H27N. The van der Waals surface area contributed by atoms with Gasteiger partial charge in [-0.1, -0.05) is 13.3 Å². The molecular weight excluding hydrogens is 194 g/mol. The predicted molar refractivity (Wildman–Crippen MR) is 68.4 cm³/mol. The van der Waals surface area contributed by atoms with Crippen LogP contribution in [0.15, 0.2) is 0 Å². The number of hydrogen-bond donors (Lipinski definition) is 1. The lowest BCUT2D eigenvalue weighted by Crippen LogP contribution is -2.59. The van der Waals surface area contributed by atoms with Gasteiger partial charge in [0, 0.05) is 5.54 Å². The van der Waals surface area contributed by atoms with Gasteiger partial charge in [0.15, 0.2) is 0 Å². The summed E-state index contributed by atoms with van der Waals surface area (Å²) in [6.45, 7) is 7.30. The van der Waals surface area contributed by atoms with E-state index in [0.717, 1.165) is 17.3 Å². The van der Waals surface area contributed by atoms with Crippen molar-refractivity contribution in [3.63, 3.8) is 0 Å². The third-order valence-electron chi connectivity index (χ3n) is 7.00. The molecule has 1 nitrogen and oxygen atoms in total. The van der Waals surface area contributed by atoms with Crippen LogP contribution >= 0.6 is 0 Å². The zero-order chi connectivity index (χ0) is 11.6. The van der Waals surface area contributed by atoms with Gasteiger partial charge in [-0.25, -0.2) is 0 Å². The number of rotatable bonds is 3. The third-order valence-corrected chi connectivity index (χ3v) is 7.00. The maximum atomic E-state index is 3.62. The summed E-state index contributed by atoms with van der Waals surface area (Å²) in [5.74, 6) is 2.14. The standard InChI is InChI=1S/C15H27N/c1-5-14-6-8-15(9-7-14,12-10-11(12)14)13(2,3)16-4/h11-12,16H,5-10H2,1-4H3. The molecule has 0 heterocycles. The van der Waals surface area contributed by atoms with E-state index in [2.05, 4.69) is 33.1 Å². The van der Waals surface area contributed by atoms with Crippen LogP contribution in [-0.4, -0.2) is 12.6 Å². The Morgan fingerprint density at radius 2 is 1.75 bits per heavy atom. The molecule has 16 heavy (non-hydrogen) atoms. The number of nitrogens with one attached hydrogen (secondary N) is 1. The van der Waals surface area contributed by atoms with Crippen molar-refractivity contribution in [1.29, 1.82) is 0 Å². The van der Waals surface area contributed by atoms with Crippen molar-refractivity contribution < 1.29 is 0 Å². The van der Waals surface area contributed by atoms with Crippen molar-refractivity contribution in [3.8, 4) is 0 Å². The van der Waals surface area contributed by atoms with Gasteiger partial charge in [-0.2, -0.15) is 0 Å². The Labute approximate surface area is 100 Å². The van der Waals surface area contributed by atoms with E-state index in [1.54, 1.807) is 6.42 Å². The summed E-state index contributed by atoms with van der Waals surface area (Å²) < 4.78 is 0. The molecule has 4 aliphatic rings. The maximum absolute atomic E-state index is 3.62. The van der Waals surface area contributed by atoms with Crippen LogP contribution in [0.1, 0.15) is 59.3 Å². The minimum atomic E-state index is 0.340. The Morgan fingerprint density at radius 3 is 2.25 bits per heavy atom. The first kappa shape index (κ1) is 11.1. The molecule has 0 radical (unpaired) electrons. The van der Waals surface area contributed by atoms with Crippen LogP contribution in [0.2, 0.25) is 0 Å². The summed E-state index contributed by atoms with van der Waals surface area (Å²) >= 11 is 0. The van der Waals surface area contributed by atoms with Crippen LogP contribution in [0.3, 0.4) is 0 Å². The highest BCUT2D eigenvalue weighted by atomic mass is 15.0. The second-order valence-corrected chi connectivity index (χ2v) is 7.20. The van der Waals surface area contributed by atoms with Gasteiger partial charge in [-0.3, -0.25) is 0 Å². The monoisotopic (exact) mass is 221 g/mol. The van der Waals surface area contributed by atoms with Crippen molar-refractivity contribution in [3.05, 3.63) is 0 Å². The first-order valence-corrected chi connectivity index (χ1v) is 7.20.